The minimum absolute atomic E-state index is 0.0952. The number of carbonyl (C=O) groups excluding carboxylic acids is 3. The summed E-state index contributed by atoms with van der Waals surface area (Å²) in [5, 5.41) is 25.0. The third kappa shape index (κ3) is 12.3. The van der Waals surface area contributed by atoms with Gasteiger partial charge in [-0.25, -0.2) is 0 Å². The van der Waals surface area contributed by atoms with E-state index in [1.165, 1.54) is 6.92 Å². The number of carboxylic acid groups (broad SMARTS) is 2. The Kier molecular flexibility index (Phi) is 13.1. The van der Waals surface area contributed by atoms with Crippen LogP contribution in [0.5, 0.6) is 0 Å². The van der Waals surface area contributed by atoms with Gasteiger partial charge in [0.25, 0.3) is 0 Å². The summed E-state index contributed by atoms with van der Waals surface area (Å²) in [5.41, 5.74) is 16.4. The minimum atomic E-state index is -1.34. The van der Waals surface area contributed by atoms with Crippen molar-refractivity contribution in [3.05, 3.63) is 0 Å². The Bertz CT molecular complexity index is 738. The largest absolute Gasteiger partial charge is 0.481 e. The van der Waals surface area contributed by atoms with E-state index in [-0.39, 0.29) is 31.3 Å². The van der Waals surface area contributed by atoms with E-state index in [0.29, 0.717) is 6.42 Å². The molecule has 0 saturated carbocycles. The maximum absolute atomic E-state index is 12.9. The van der Waals surface area contributed by atoms with Crippen LogP contribution in [-0.4, -0.2) is 76.5 Å². The van der Waals surface area contributed by atoms with E-state index in [1.54, 1.807) is 13.8 Å². The van der Waals surface area contributed by atoms with Crippen molar-refractivity contribution in [1.29, 1.82) is 0 Å². The molecule has 0 rings (SSSR count). The van der Waals surface area contributed by atoms with E-state index < -0.39 is 60.2 Å². The molecule has 33 heavy (non-hydrogen) atoms. The van der Waals surface area contributed by atoms with Crippen LogP contribution in [0.25, 0.3) is 0 Å². The fourth-order valence-electron chi connectivity index (χ4n) is 2.53. The quantitative estimate of drug-likeness (QED) is 0.0701. The summed E-state index contributed by atoms with van der Waals surface area (Å²) in [6.45, 7) is 4.86. The molecule has 11 N–H and O–H groups in total. The van der Waals surface area contributed by atoms with Crippen molar-refractivity contribution in [2.24, 2.45) is 28.1 Å². The molecule has 4 atom stereocenters. The Morgan fingerprint density at radius 1 is 0.848 bits per heavy atom. The Labute approximate surface area is 191 Å². The fourth-order valence-corrected chi connectivity index (χ4v) is 2.53. The van der Waals surface area contributed by atoms with E-state index in [4.69, 9.17) is 27.4 Å². The second-order valence-corrected chi connectivity index (χ2v) is 7.84. The molecular formula is C19H35N7O7. The summed E-state index contributed by atoms with van der Waals surface area (Å²) in [6, 6.07) is -4.61. The van der Waals surface area contributed by atoms with Crippen LogP contribution in [0.2, 0.25) is 0 Å². The van der Waals surface area contributed by atoms with Gasteiger partial charge in [-0.05, 0) is 32.1 Å². The molecule has 0 radical (unpaired) electrons. The van der Waals surface area contributed by atoms with Gasteiger partial charge in [0.1, 0.15) is 18.1 Å². The lowest BCUT2D eigenvalue weighted by Gasteiger charge is -2.25. The zero-order chi connectivity index (χ0) is 25.7. The zero-order valence-corrected chi connectivity index (χ0v) is 19.0. The Hall–Kier alpha value is -3.42. The van der Waals surface area contributed by atoms with Crippen LogP contribution in [0.3, 0.4) is 0 Å². The molecule has 0 aromatic heterocycles. The summed E-state index contributed by atoms with van der Waals surface area (Å²) in [6.07, 6.45) is -0.355. The Morgan fingerprint density at radius 2 is 1.36 bits per heavy atom. The predicted octanol–water partition coefficient (Wildman–Crippen LogP) is -2.55. The number of aliphatic imine (C=N–C) groups is 1. The number of carbonyl (C=O) groups is 5. The maximum atomic E-state index is 12.9. The average Bonchev–Trinajstić information content (AvgIpc) is 2.71. The first-order valence-electron chi connectivity index (χ1n) is 10.4. The van der Waals surface area contributed by atoms with Crippen molar-refractivity contribution >= 4 is 35.6 Å². The highest BCUT2D eigenvalue weighted by Crippen LogP contribution is 2.06. The molecule has 0 bridgehead atoms. The molecule has 14 nitrogen and oxygen atoms in total. The molecule has 0 fully saturated rings. The molecule has 3 amide bonds. The van der Waals surface area contributed by atoms with Crippen LogP contribution < -0.4 is 33.2 Å². The highest BCUT2D eigenvalue weighted by molar-refractivity contribution is 5.94. The van der Waals surface area contributed by atoms with Gasteiger partial charge in [-0.1, -0.05) is 13.8 Å². The van der Waals surface area contributed by atoms with Gasteiger partial charge in [0.2, 0.25) is 17.7 Å². The first kappa shape index (κ1) is 29.6. The molecule has 0 aromatic rings. The Morgan fingerprint density at radius 3 is 1.85 bits per heavy atom. The van der Waals surface area contributed by atoms with Gasteiger partial charge in [-0.2, -0.15) is 0 Å². The first-order valence-corrected chi connectivity index (χ1v) is 10.4. The predicted molar refractivity (Wildman–Crippen MR) is 119 cm³/mol. The van der Waals surface area contributed by atoms with Crippen molar-refractivity contribution in [3.8, 4) is 0 Å². The van der Waals surface area contributed by atoms with Crippen LogP contribution in [0.1, 0.15) is 46.5 Å². The van der Waals surface area contributed by atoms with Crippen LogP contribution in [0, 0.1) is 5.92 Å². The number of aliphatic carboxylic acids is 2. The molecule has 0 aliphatic rings. The number of amides is 3. The van der Waals surface area contributed by atoms with Gasteiger partial charge >= 0.3 is 11.9 Å². The minimum Gasteiger partial charge on any atom is -0.481 e. The van der Waals surface area contributed by atoms with E-state index in [0.717, 1.165) is 0 Å². The molecule has 0 aliphatic carbocycles. The first-order chi connectivity index (χ1) is 15.3. The third-order valence-electron chi connectivity index (χ3n) is 4.61. The van der Waals surface area contributed by atoms with Gasteiger partial charge in [-0.3, -0.25) is 29.0 Å². The monoisotopic (exact) mass is 473 g/mol. The molecule has 4 unspecified atom stereocenters. The number of hydrogen-bond acceptors (Lipinski definition) is 7. The second kappa shape index (κ2) is 14.6. The lowest BCUT2D eigenvalue weighted by Crippen LogP contribution is -2.57. The number of carboxylic acids is 2. The van der Waals surface area contributed by atoms with Crippen molar-refractivity contribution in [2.45, 2.75) is 70.6 Å². The maximum Gasteiger partial charge on any atom is 0.325 e. The van der Waals surface area contributed by atoms with Crippen LogP contribution in [0.15, 0.2) is 4.99 Å². The average molecular weight is 474 g/mol. The zero-order valence-electron chi connectivity index (χ0n) is 19.0. The Balaban J connectivity index is 5.51. The normalized spacial score (nSPS) is 14.3. The van der Waals surface area contributed by atoms with Crippen molar-refractivity contribution < 1.29 is 34.2 Å². The summed E-state index contributed by atoms with van der Waals surface area (Å²) >= 11 is 0. The summed E-state index contributed by atoms with van der Waals surface area (Å²) in [4.78, 5) is 63.5. The number of nitrogens with zero attached hydrogens (tertiary/aromatic N) is 1. The molecule has 0 heterocycles. The molecule has 0 saturated heterocycles. The van der Waals surface area contributed by atoms with Crippen LogP contribution >= 0.6 is 0 Å². The summed E-state index contributed by atoms with van der Waals surface area (Å²) < 4.78 is 0. The molecule has 188 valence electrons. The van der Waals surface area contributed by atoms with Crippen molar-refractivity contribution in [2.75, 3.05) is 6.54 Å². The van der Waals surface area contributed by atoms with Gasteiger partial charge in [0.05, 0.1) is 6.04 Å². The van der Waals surface area contributed by atoms with E-state index in [9.17, 15) is 24.0 Å². The summed E-state index contributed by atoms with van der Waals surface area (Å²) in [5.74, 6) is -5.08. The molecule has 0 aliphatic heterocycles. The highest BCUT2D eigenvalue weighted by Gasteiger charge is 2.30. The van der Waals surface area contributed by atoms with Crippen LogP contribution in [-0.2, 0) is 24.0 Å². The number of hydrogen-bond donors (Lipinski definition) is 8. The molecule has 0 aromatic carbocycles. The van der Waals surface area contributed by atoms with Gasteiger partial charge in [0.15, 0.2) is 5.96 Å². The second-order valence-electron chi connectivity index (χ2n) is 7.84. The number of guanidine groups is 1. The smallest absolute Gasteiger partial charge is 0.325 e. The molecular weight excluding hydrogens is 438 g/mol. The number of nitrogens with two attached hydrogens (primary N) is 3. The number of rotatable bonds is 15. The lowest BCUT2D eigenvalue weighted by atomic mass is 10.0. The topological polar surface area (TPSA) is 252 Å². The molecule has 0 spiro atoms. The third-order valence-corrected chi connectivity index (χ3v) is 4.61. The summed E-state index contributed by atoms with van der Waals surface area (Å²) in [7, 11) is 0. The van der Waals surface area contributed by atoms with Crippen molar-refractivity contribution in [1.82, 2.24) is 16.0 Å². The van der Waals surface area contributed by atoms with E-state index in [2.05, 4.69) is 20.9 Å². The van der Waals surface area contributed by atoms with E-state index in [1.807, 2.05) is 0 Å². The number of nitrogens with one attached hydrogen (secondary N) is 3. The van der Waals surface area contributed by atoms with Gasteiger partial charge in [-0.15, -0.1) is 0 Å². The lowest BCUT2D eigenvalue weighted by molar-refractivity contribution is -0.142. The van der Waals surface area contributed by atoms with E-state index >= 15 is 0 Å². The van der Waals surface area contributed by atoms with Gasteiger partial charge < -0.3 is 43.4 Å². The molecule has 14 heteroatoms. The standard InChI is InChI=1S/C19H35N7O7/c1-9(2)14(20)17(31)26-11(5-4-8-23-19(21)22)16(30)25-12(6-7-13(27)28)15(29)24-10(3)18(32)33/h9-12,14H,4-8,20H2,1-3H3,(H,24,29)(H,25,30)(H,26,31)(H,27,28)(H,32,33)(H4,21,22,23). The fraction of sp³-hybridized carbons (Fsp3) is 0.684. The van der Waals surface area contributed by atoms with Crippen LogP contribution in [0.4, 0.5) is 0 Å². The SMILES string of the molecule is CC(NC(=O)C(CCC(=O)O)NC(=O)C(CCCN=C(N)N)NC(=O)C(N)C(C)C)C(=O)O. The van der Waals surface area contributed by atoms with Gasteiger partial charge in [0, 0.05) is 13.0 Å². The van der Waals surface area contributed by atoms with Crippen molar-refractivity contribution in [3.63, 3.8) is 0 Å². The highest BCUT2D eigenvalue weighted by atomic mass is 16.4.